The molecule has 108 valence electrons. The van der Waals surface area contributed by atoms with Crippen LogP contribution in [0.15, 0.2) is 18.2 Å². The maximum Gasteiger partial charge on any atom is 0.316 e. The van der Waals surface area contributed by atoms with Gasteiger partial charge in [-0.25, -0.2) is 8.78 Å². The summed E-state index contributed by atoms with van der Waals surface area (Å²) >= 11 is 0. The largest absolute Gasteiger partial charge is 0.465 e. The Kier molecular flexibility index (Phi) is 4.47. The van der Waals surface area contributed by atoms with E-state index in [1.54, 1.807) is 6.92 Å². The number of carbonyl (C=O) groups is 2. The Balaban J connectivity index is 2.19. The lowest BCUT2D eigenvalue weighted by Crippen LogP contribution is -2.24. The van der Waals surface area contributed by atoms with E-state index in [1.165, 1.54) is 12.1 Å². The summed E-state index contributed by atoms with van der Waals surface area (Å²) in [5, 5.41) is 0. The molecule has 0 bridgehead atoms. The molecule has 1 fully saturated rings. The Morgan fingerprint density at radius 2 is 2.15 bits per heavy atom. The second-order valence-corrected chi connectivity index (χ2v) is 4.83. The van der Waals surface area contributed by atoms with E-state index in [2.05, 4.69) is 0 Å². The number of Topliss-reactive ketones (excluding diaryl/α,β-unsaturated/α-hetero) is 1. The predicted molar refractivity (Wildman–Crippen MR) is 68.3 cm³/mol. The van der Waals surface area contributed by atoms with Gasteiger partial charge in [-0.05, 0) is 37.0 Å². The molecular weight excluding hydrogens is 266 g/mol. The van der Waals surface area contributed by atoms with Crippen LogP contribution in [-0.2, 0) is 21.0 Å². The van der Waals surface area contributed by atoms with Crippen LogP contribution >= 0.6 is 0 Å². The van der Waals surface area contributed by atoms with E-state index in [-0.39, 0.29) is 23.5 Å². The average molecular weight is 282 g/mol. The molecule has 2 atom stereocenters. The minimum Gasteiger partial charge on any atom is -0.465 e. The van der Waals surface area contributed by atoms with Gasteiger partial charge in [-0.3, -0.25) is 9.59 Å². The number of carbonyl (C=O) groups excluding carboxylic acids is 2. The maximum atomic E-state index is 13.9. The van der Waals surface area contributed by atoms with Crippen molar-refractivity contribution < 1.29 is 23.1 Å². The first-order chi connectivity index (χ1) is 9.58. The van der Waals surface area contributed by atoms with Gasteiger partial charge in [0, 0.05) is 5.92 Å². The highest BCUT2D eigenvalue weighted by atomic mass is 19.1. The minimum atomic E-state index is -0.805. The van der Waals surface area contributed by atoms with Crippen molar-refractivity contribution in [1.82, 2.24) is 0 Å². The molecule has 0 aliphatic heterocycles. The van der Waals surface area contributed by atoms with Gasteiger partial charge in [0.1, 0.15) is 18.4 Å². The summed E-state index contributed by atoms with van der Waals surface area (Å²) in [7, 11) is 0. The zero-order valence-corrected chi connectivity index (χ0v) is 11.2. The molecule has 0 heterocycles. The van der Waals surface area contributed by atoms with E-state index in [4.69, 9.17) is 4.74 Å². The van der Waals surface area contributed by atoms with E-state index >= 15 is 0 Å². The van der Waals surface area contributed by atoms with Crippen molar-refractivity contribution in [2.24, 2.45) is 5.92 Å². The number of rotatable bonds is 4. The monoisotopic (exact) mass is 282 g/mol. The van der Waals surface area contributed by atoms with E-state index < -0.39 is 30.3 Å². The highest BCUT2D eigenvalue weighted by molar-refractivity contribution is 6.04. The lowest BCUT2D eigenvalue weighted by atomic mass is 9.93. The van der Waals surface area contributed by atoms with Crippen LogP contribution in [0.5, 0.6) is 0 Å². The van der Waals surface area contributed by atoms with Crippen molar-refractivity contribution in [3.8, 4) is 0 Å². The van der Waals surface area contributed by atoms with Gasteiger partial charge in [-0.2, -0.15) is 0 Å². The second kappa shape index (κ2) is 6.11. The quantitative estimate of drug-likeness (QED) is 0.630. The molecule has 2 rings (SSSR count). The topological polar surface area (TPSA) is 43.4 Å². The number of alkyl halides is 1. The summed E-state index contributed by atoms with van der Waals surface area (Å²) in [6.07, 6.45) is 0.779. The zero-order chi connectivity index (χ0) is 14.7. The first kappa shape index (κ1) is 14.6. The number of benzene rings is 1. The molecule has 1 aromatic rings. The molecule has 1 aromatic carbocycles. The van der Waals surface area contributed by atoms with Crippen molar-refractivity contribution in [3.63, 3.8) is 0 Å². The van der Waals surface area contributed by atoms with Gasteiger partial charge in [-0.15, -0.1) is 0 Å². The molecule has 0 radical (unpaired) electrons. The van der Waals surface area contributed by atoms with Crippen LogP contribution in [-0.4, -0.2) is 18.4 Å². The summed E-state index contributed by atoms with van der Waals surface area (Å²) in [5.74, 6) is -2.89. The van der Waals surface area contributed by atoms with Gasteiger partial charge >= 0.3 is 5.97 Å². The van der Waals surface area contributed by atoms with Gasteiger partial charge in [-0.1, -0.05) is 12.1 Å². The third-order valence-corrected chi connectivity index (χ3v) is 3.60. The molecule has 1 aliphatic carbocycles. The van der Waals surface area contributed by atoms with Crippen LogP contribution in [0.2, 0.25) is 0 Å². The summed E-state index contributed by atoms with van der Waals surface area (Å²) in [6, 6.07) is 3.99. The first-order valence-electron chi connectivity index (χ1n) is 6.63. The van der Waals surface area contributed by atoms with Gasteiger partial charge in [0.25, 0.3) is 0 Å². The average Bonchev–Trinajstić information content (AvgIpc) is 2.80. The molecule has 1 aliphatic rings. The maximum absolute atomic E-state index is 13.9. The van der Waals surface area contributed by atoms with Crippen molar-refractivity contribution in [2.75, 3.05) is 6.61 Å². The fourth-order valence-electron chi connectivity index (χ4n) is 2.58. The molecular formula is C15H16F2O3. The molecule has 5 heteroatoms. The fourth-order valence-corrected chi connectivity index (χ4v) is 2.58. The molecule has 0 saturated heterocycles. The van der Waals surface area contributed by atoms with Gasteiger partial charge < -0.3 is 4.74 Å². The second-order valence-electron chi connectivity index (χ2n) is 4.83. The van der Waals surface area contributed by atoms with Crippen molar-refractivity contribution in [2.45, 2.75) is 32.4 Å². The highest BCUT2D eigenvalue weighted by Gasteiger charge is 2.41. The number of halogens is 2. The first-order valence-corrected chi connectivity index (χ1v) is 6.63. The van der Waals surface area contributed by atoms with E-state index in [9.17, 15) is 18.4 Å². The fraction of sp³-hybridized carbons (Fsp3) is 0.467. The third-order valence-electron chi connectivity index (χ3n) is 3.60. The smallest absolute Gasteiger partial charge is 0.316 e. The number of ketones is 1. The molecule has 3 nitrogen and oxygen atoms in total. The van der Waals surface area contributed by atoms with Crippen LogP contribution < -0.4 is 0 Å². The van der Waals surface area contributed by atoms with Gasteiger partial charge in [0.2, 0.25) is 0 Å². The SMILES string of the molecule is CCOC(=O)C1CCC(c2ccc(CF)cc2F)C1=O. The highest BCUT2D eigenvalue weighted by Crippen LogP contribution is 2.37. The third kappa shape index (κ3) is 2.71. The Morgan fingerprint density at radius 1 is 1.40 bits per heavy atom. The number of hydrogen-bond acceptors (Lipinski definition) is 3. The number of hydrogen-bond donors (Lipinski definition) is 0. The molecule has 2 unspecified atom stereocenters. The Labute approximate surface area is 115 Å². The number of ether oxygens (including phenoxy) is 1. The van der Waals surface area contributed by atoms with Gasteiger partial charge in [0.15, 0.2) is 5.78 Å². The summed E-state index contributed by atoms with van der Waals surface area (Å²) in [4.78, 5) is 23.8. The predicted octanol–water partition coefficient (Wildman–Crippen LogP) is 2.92. The van der Waals surface area contributed by atoms with Crippen molar-refractivity contribution >= 4 is 11.8 Å². The van der Waals surface area contributed by atoms with Crippen LogP contribution in [0.4, 0.5) is 8.78 Å². The normalized spacial score (nSPS) is 22.1. The standard InChI is InChI=1S/C15H16F2O3/c1-2-20-15(19)12-6-5-11(14(12)18)10-4-3-9(8-16)7-13(10)17/h3-4,7,11-12H,2,5-6,8H2,1H3. The van der Waals surface area contributed by atoms with E-state index in [1.807, 2.05) is 0 Å². The molecule has 0 spiro atoms. The molecule has 1 saturated carbocycles. The summed E-state index contributed by atoms with van der Waals surface area (Å²) in [5.41, 5.74) is 0.470. The molecule has 0 N–H and O–H groups in total. The van der Waals surface area contributed by atoms with Crippen molar-refractivity contribution in [1.29, 1.82) is 0 Å². The Morgan fingerprint density at radius 3 is 2.75 bits per heavy atom. The lowest BCUT2D eigenvalue weighted by molar-refractivity contribution is -0.150. The van der Waals surface area contributed by atoms with E-state index in [0.29, 0.717) is 12.8 Å². The van der Waals surface area contributed by atoms with Crippen LogP contribution in [0.25, 0.3) is 0 Å². The lowest BCUT2D eigenvalue weighted by Gasteiger charge is -2.12. The summed E-state index contributed by atoms with van der Waals surface area (Å²) in [6.45, 7) is 1.14. The van der Waals surface area contributed by atoms with E-state index in [0.717, 1.165) is 6.07 Å². The molecule has 20 heavy (non-hydrogen) atoms. The van der Waals surface area contributed by atoms with Crippen LogP contribution in [0, 0.1) is 11.7 Å². The molecule has 0 aromatic heterocycles. The molecule has 0 amide bonds. The number of esters is 1. The minimum absolute atomic E-state index is 0.215. The van der Waals surface area contributed by atoms with Gasteiger partial charge in [0.05, 0.1) is 6.61 Å². The van der Waals surface area contributed by atoms with Crippen LogP contribution in [0.3, 0.4) is 0 Å². The zero-order valence-electron chi connectivity index (χ0n) is 11.2. The Bertz CT molecular complexity index is 528. The van der Waals surface area contributed by atoms with Crippen LogP contribution in [0.1, 0.15) is 36.8 Å². The summed E-state index contributed by atoms with van der Waals surface area (Å²) < 4.78 is 31.2. The Hall–Kier alpha value is -1.78. The van der Waals surface area contributed by atoms with Crippen molar-refractivity contribution in [3.05, 3.63) is 35.1 Å².